The summed E-state index contributed by atoms with van der Waals surface area (Å²) >= 11 is 1.26. The fraction of sp³-hybridized carbons (Fsp3) is 0.357. The molecule has 0 unspecified atom stereocenters. The fourth-order valence-corrected chi connectivity index (χ4v) is 2.48. The molecule has 0 aromatic carbocycles. The topological polar surface area (TPSA) is 135 Å². The van der Waals surface area contributed by atoms with Gasteiger partial charge < -0.3 is 10.5 Å². The van der Waals surface area contributed by atoms with Crippen molar-refractivity contribution in [1.82, 2.24) is 10.3 Å². The summed E-state index contributed by atoms with van der Waals surface area (Å²) in [6.07, 6.45) is 3.74. The number of nitrogens with zero attached hydrogens (tertiary/aromatic N) is 2. The molecule has 0 atom stereocenters. The summed E-state index contributed by atoms with van der Waals surface area (Å²) in [6, 6.07) is 2.44. The number of carbonyl (C=O) groups excluding carboxylic acids is 3. The van der Waals surface area contributed by atoms with E-state index in [-0.39, 0.29) is 11.1 Å². The van der Waals surface area contributed by atoms with E-state index in [0.717, 1.165) is 18.5 Å². The molecular weight excluding hydrogens is 320 g/mol. The highest BCUT2D eigenvalue weighted by Gasteiger charge is 2.29. The Morgan fingerprint density at radius 1 is 1.52 bits per heavy atom. The molecule has 1 saturated carbocycles. The zero-order valence-corrected chi connectivity index (χ0v) is 13.1. The minimum absolute atomic E-state index is 0.0700. The van der Waals surface area contributed by atoms with Gasteiger partial charge in [-0.05, 0) is 25.2 Å². The Morgan fingerprint density at radius 2 is 2.22 bits per heavy atom. The molecule has 120 valence electrons. The Labute approximate surface area is 136 Å². The molecule has 0 spiro atoms. The van der Waals surface area contributed by atoms with E-state index in [1.807, 2.05) is 6.07 Å². The van der Waals surface area contributed by atoms with E-state index in [9.17, 15) is 19.6 Å². The second-order valence-corrected chi connectivity index (χ2v) is 5.65. The van der Waals surface area contributed by atoms with Crippen molar-refractivity contribution in [3.8, 4) is 6.07 Å². The van der Waals surface area contributed by atoms with Crippen LogP contribution in [0.25, 0.3) is 0 Å². The van der Waals surface area contributed by atoms with Gasteiger partial charge in [0.1, 0.15) is 11.1 Å². The number of primary amides is 1. The van der Waals surface area contributed by atoms with Gasteiger partial charge in [0.05, 0.1) is 11.1 Å². The largest absolute Gasteiger partial charge is 0.452 e. The predicted octanol–water partition coefficient (Wildman–Crippen LogP) is 0.904. The first-order valence-electron chi connectivity index (χ1n) is 6.71. The summed E-state index contributed by atoms with van der Waals surface area (Å²) in [4.78, 5) is 38.4. The summed E-state index contributed by atoms with van der Waals surface area (Å²) in [5, 5.41) is 11.5. The molecule has 1 aromatic heterocycles. The molecule has 23 heavy (non-hydrogen) atoms. The van der Waals surface area contributed by atoms with E-state index >= 15 is 0 Å². The maximum Gasteiger partial charge on any atom is 0.340 e. The molecule has 8 nitrogen and oxygen atoms in total. The van der Waals surface area contributed by atoms with Gasteiger partial charge >= 0.3 is 12.0 Å². The van der Waals surface area contributed by atoms with Crippen LogP contribution in [0.2, 0.25) is 0 Å². The SMILES string of the molecule is CSc1nc(C2CC2)cc(C(=O)OCC(=O)NC(N)=O)c1C#N. The van der Waals surface area contributed by atoms with Crippen molar-refractivity contribution in [1.29, 1.82) is 5.26 Å². The monoisotopic (exact) mass is 334 g/mol. The third kappa shape index (κ3) is 4.20. The standard InChI is InChI=1S/C14H14N4O4S/c1-23-12-9(5-15)8(4-10(17-12)7-2-3-7)13(20)22-6-11(19)18-14(16)21/h4,7H,2-3,6H2,1H3,(H3,16,18,19,21). The average molecular weight is 334 g/mol. The van der Waals surface area contributed by atoms with E-state index in [0.29, 0.717) is 10.9 Å². The van der Waals surface area contributed by atoms with Gasteiger partial charge in [0, 0.05) is 11.6 Å². The number of ether oxygens (including phenoxy) is 1. The number of pyridine rings is 1. The average Bonchev–Trinajstić information content (AvgIpc) is 3.35. The number of urea groups is 1. The molecule has 0 saturated heterocycles. The zero-order chi connectivity index (χ0) is 17.0. The molecule has 0 bridgehead atoms. The van der Waals surface area contributed by atoms with Crippen LogP contribution in [-0.4, -0.2) is 35.8 Å². The molecule has 1 aliphatic carbocycles. The van der Waals surface area contributed by atoms with Gasteiger partial charge in [-0.2, -0.15) is 5.26 Å². The van der Waals surface area contributed by atoms with Crippen LogP contribution in [0.4, 0.5) is 4.79 Å². The van der Waals surface area contributed by atoms with Crippen LogP contribution in [0, 0.1) is 11.3 Å². The number of nitriles is 1. The van der Waals surface area contributed by atoms with Crippen molar-refractivity contribution in [2.75, 3.05) is 12.9 Å². The molecule has 0 aliphatic heterocycles. The Hall–Kier alpha value is -2.60. The number of nitrogens with two attached hydrogens (primary N) is 1. The smallest absolute Gasteiger partial charge is 0.340 e. The number of carbonyl (C=O) groups is 3. The van der Waals surface area contributed by atoms with E-state index in [1.54, 1.807) is 11.6 Å². The number of thioether (sulfide) groups is 1. The van der Waals surface area contributed by atoms with E-state index in [1.165, 1.54) is 17.8 Å². The van der Waals surface area contributed by atoms with Gasteiger partial charge in [-0.1, -0.05) is 0 Å². The molecule has 1 aromatic rings. The molecular formula is C14H14N4O4S. The lowest BCUT2D eigenvalue weighted by Crippen LogP contribution is -2.37. The molecule has 1 heterocycles. The van der Waals surface area contributed by atoms with E-state index in [4.69, 9.17) is 10.5 Å². The minimum Gasteiger partial charge on any atom is -0.452 e. The summed E-state index contributed by atoms with van der Waals surface area (Å²) < 4.78 is 4.84. The second kappa shape index (κ2) is 7.11. The fourth-order valence-electron chi connectivity index (χ4n) is 1.93. The maximum absolute atomic E-state index is 12.2. The Balaban J connectivity index is 2.21. The third-order valence-corrected chi connectivity index (χ3v) is 3.81. The summed E-state index contributed by atoms with van der Waals surface area (Å²) in [6.45, 7) is -0.664. The first kappa shape index (κ1) is 16.8. The Kier molecular flexibility index (Phi) is 5.18. The van der Waals surface area contributed by atoms with Crippen LogP contribution in [0.1, 0.15) is 40.4 Å². The van der Waals surface area contributed by atoms with Crippen LogP contribution in [0.3, 0.4) is 0 Å². The number of hydrogen-bond donors (Lipinski definition) is 2. The van der Waals surface area contributed by atoms with Crippen molar-refractivity contribution in [3.63, 3.8) is 0 Å². The van der Waals surface area contributed by atoms with Gasteiger partial charge in [-0.3, -0.25) is 10.1 Å². The quantitative estimate of drug-likeness (QED) is 0.603. The normalized spacial score (nSPS) is 13.0. The van der Waals surface area contributed by atoms with Gasteiger partial charge in [0.2, 0.25) is 0 Å². The first-order chi connectivity index (χ1) is 11.0. The molecule has 2 rings (SSSR count). The van der Waals surface area contributed by atoms with Crippen LogP contribution < -0.4 is 11.1 Å². The van der Waals surface area contributed by atoms with Crippen molar-refractivity contribution < 1.29 is 19.1 Å². The van der Waals surface area contributed by atoms with Crippen LogP contribution in [0.5, 0.6) is 0 Å². The molecule has 9 heteroatoms. The highest BCUT2D eigenvalue weighted by molar-refractivity contribution is 7.98. The summed E-state index contributed by atoms with van der Waals surface area (Å²) in [5.74, 6) is -1.37. The number of nitrogens with one attached hydrogen (secondary N) is 1. The molecule has 3 amide bonds. The summed E-state index contributed by atoms with van der Waals surface area (Å²) in [7, 11) is 0. The molecule has 1 fully saturated rings. The lowest BCUT2D eigenvalue weighted by Gasteiger charge is -2.10. The molecule has 0 radical (unpaired) electrons. The van der Waals surface area contributed by atoms with Crippen molar-refractivity contribution in [2.24, 2.45) is 5.73 Å². The van der Waals surface area contributed by atoms with Gasteiger partial charge in [-0.25, -0.2) is 14.6 Å². The highest BCUT2D eigenvalue weighted by Crippen LogP contribution is 2.40. The van der Waals surface area contributed by atoms with Crippen molar-refractivity contribution >= 4 is 29.7 Å². The Morgan fingerprint density at radius 3 is 2.74 bits per heavy atom. The van der Waals surface area contributed by atoms with Gasteiger partial charge in [0.25, 0.3) is 5.91 Å². The number of hydrogen-bond acceptors (Lipinski definition) is 7. The van der Waals surface area contributed by atoms with Crippen molar-refractivity contribution in [2.45, 2.75) is 23.8 Å². The van der Waals surface area contributed by atoms with Crippen LogP contribution >= 0.6 is 11.8 Å². The van der Waals surface area contributed by atoms with Crippen LogP contribution in [0.15, 0.2) is 11.1 Å². The first-order valence-corrected chi connectivity index (χ1v) is 7.94. The summed E-state index contributed by atoms with van der Waals surface area (Å²) in [5.41, 5.74) is 5.71. The molecule has 1 aliphatic rings. The van der Waals surface area contributed by atoms with Crippen LogP contribution in [-0.2, 0) is 9.53 Å². The molecule has 3 N–H and O–H groups in total. The second-order valence-electron chi connectivity index (χ2n) is 4.85. The lowest BCUT2D eigenvalue weighted by atomic mass is 10.1. The number of rotatable bonds is 5. The predicted molar refractivity (Wildman–Crippen MR) is 80.7 cm³/mol. The number of esters is 1. The lowest BCUT2D eigenvalue weighted by molar-refractivity contribution is -0.123. The Bertz CT molecular complexity index is 709. The number of amides is 3. The highest BCUT2D eigenvalue weighted by atomic mass is 32.2. The minimum atomic E-state index is -1.03. The number of imide groups is 1. The maximum atomic E-state index is 12.2. The van der Waals surface area contributed by atoms with Crippen molar-refractivity contribution in [3.05, 3.63) is 22.9 Å². The van der Waals surface area contributed by atoms with Gasteiger partial charge in [-0.15, -0.1) is 11.8 Å². The van der Waals surface area contributed by atoms with Gasteiger partial charge in [0.15, 0.2) is 6.61 Å². The number of aromatic nitrogens is 1. The third-order valence-electron chi connectivity index (χ3n) is 3.12. The zero-order valence-electron chi connectivity index (χ0n) is 12.3. The van der Waals surface area contributed by atoms with E-state index < -0.39 is 24.5 Å². The van der Waals surface area contributed by atoms with E-state index in [2.05, 4.69) is 4.98 Å².